The van der Waals surface area contributed by atoms with Crippen LogP contribution in [0.15, 0.2) is 70.5 Å². The van der Waals surface area contributed by atoms with Gasteiger partial charge in [-0.15, -0.1) is 23.9 Å². The largest absolute Gasteiger partial charge is 0.512 e. The minimum absolute atomic E-state index is 0. The third kappa shape index (κ3) is 4.37. The van der Waals surface area contributed by atoms with Crippen molar-refractivity contribution < 1.29 is 32.7 Å². The van der Waals surface area contributed by atoms with Crippen molar-refractivity contribution >= 4 is 39.4 Å². The fourth-order valence-electron chi connectivity index (χ4n) is 2.90. The molecule has 147 valence electrons. The molecule has 0 amide bonds. The number of allylic oxidation sites excluding steroid dienone is 2. The molecule has 0 fully saturated rings. The maximum Gasteiger partial charge on any atom is 0.155 e. The maximum atomic E-state index is 10.0. The van der Waals surface area contributed by atoms with Gasteiger partial charge in [0.15, 0.2) is 5.78 Å². The molecular formula is C22H16IrN3O2S-. The molecule has 0 aliphatic carbocycles. The summed E-state index contributed by atoms with van der Waals surface area (Å²) in [4.78, 5) is 24.3. The number of aliphatic hydroxyl groups excluding tert-OH is 1. The molecule has 0 unspecified atom stereocenters. The molecule has 5 nitrogen and oxygen atoms in total. The standard InChI is InChI=1S/C17H8N3S.C5H8O2.Ir/c1-3-10-6-8-18-15-12-9-11-4-2-7-19-16(11)20-17(12)21-13(5-1)14(10)15;1-4(6)3-5(2)7;/h1-8H;3,6H,1-2H3;/q-1;;/b;4-3-;/i6D,8D;;. The number of fused-ring (bicyclic) bond motifs is 3. The summed E-state index contributed by atoms with van der Waals surface area (Å²) in [6.45, 7) is 2.85. The number of pyridine rings is 3. The van der Waals surface area contributed by atoms with Crippen molar-refractivity contribution in [1.29, 1.82) is 0 Å². The van der Waals surface area contributed by atoms with E-state index >= 15 is 0 Å². The van der Waals surface area contributed by atoms with Gasteiger partial charge in [0.25, 0.3) is 0 Å². The zero-order valence-corrected chi connectivity index (χ0v) is 18.7. The smallest absolute Gasteiger partial charge is 0.155 e. The van der Waals surface area contributed by atoms with Gasteiger partial charge in [-0.2, -0.15) is 0 Å². The van der Waals surface area contributed by atoms with E-state index < -0.39 is 0 Å². The van der Waals surface area contributed by atoms with Crippen LogP contribution in [-0.2, 0) is 24.9 Å². The van der Waals surface area contributed by atoms with Gasteiger partial charge in [0.2, 0.25) is 0 Å². The van der Waals surface area contributed by atoms with Crippen molar-refractivity contribution in [2.75, 3.05) is 0 Å². The number of benzene rings is 1. The van der Waals surface area contributed by atoms with Gasteiger partial charge in [0.1, 0.15) is 0 Å². The summed E-state index contributed by atoms with van der Waals surface area (Å²) in [5.74, 6) is -0.0625. The summed E-state index contributed by atoms with van der Waals surface area (Å²) in [5.41, 5.74) is 2.12. The van der Waals surface area contributed by atoms with Crippen LogP contribution in [0.25, 0.3) is 33.1 Å². The maximum absolute atomic E-state index is 10.0. The van der Waals surface area contributed by atoms with Crippen molar-refractivity contribution in [3.05, 3.63) is 66.6 Å². The molecule has 1 radical (unpaired) electrons. The van der Waals surface area contributed by atoms with E-state index in [9.17, 15) is 4.79 Å². The van der Waals surface area contributed by atoms with E-state index in [1.165, 1.54) is 31.7 Å². The van der Waals surface area contributed by atoms with Crippen LogP contribution in [0.4, 0.5) is 0 Å². The van der Waals surface area contributed by atoms with Crippen LogP contribution in [-0.4, -0.2) is 25.8 Å². The monoisotopic (exact) mass is 581 g/mol. The fourth-order valence-corrected chi connectivity index (χ4v) is 3.95. The Hall–Kier alpha value is -2.60. The molecule has 4 heterocycles. The second-order valence-electron chi connectivity index (χ2n) is 6.17. The van der Waals surface area contributed by atoms with Crippen LogP contribution in [0.1, 0.15) is 16.6 Å². The number of hydrogen-bond acceptors (Lipinski definition) is 6. The van der Waals surface area contributed by atoms with Crippen LogP contribution in [0.5, 0.6) is 0 Å². The average Bonchev–Trinajstić information content (AvgIpc) is 2.70. The first-order valence-electron chi connectivity index (χ1n) is 9.49. The van der Waals surface area contributed by atoms with Gasteiger partial charge in [-0.05, 0) is 36.7 Å². The average molecular weight is 581 g/mol. The number of aliphatic hydroxyl groups is 1. The molecular weight excluding hydrogens is 563 g/mol. The van der Waals surface area contributed by atoms with Crippen LogP contribution >= 0.6 is 11.8 Å². The quantitative estimate of drug-likeness (QED) is 0.168. The molecule has 1 aliphatic heterocycles. The molecule has 7 heteroatoms. The molecule has 1 aliphatic rings. The van der Waals surface area contributed by atoms with E-state index in [2.05, 4.69) is 21.0 Å². The second kappa shape index (κ2) is 8.82. The first kappa shape index (κ1) is 18.4. The van der Waals surface area contributed by atoms with Crippen LogP contribution in [0, 0.1) is 6.07 Å². The van der Waals surface area contributed by atoms with Crippen molar-refractivity contribution in [1.82, 2.24) is 15.0 Å². The fraction of sp³-hybridized carbons (Fsp3) is 0.0909. The van der Waals surface area contributed by atoms with Gasteiger partial charge in [0.05, 0.1) is 14.1 Å². The second-order valence-corrected chi connectivity index (χ2v) is 7.20. The summed E-state index contributed by atoms with van der Waals surface area (Å²) >= 11 is 1.54. The predicted molar refractivity (Wildman–Crippen MR) is 110 cm³/mol. The number of aromatic nitrogens is 3. The third-order valence-electron chi connectivity index (χ3n) is 3.94. The zero-order chi connectivity index (χ0) is 21.4. The predicted octanol–water partition coefficient (Wildman–Crippen LogP) is 5.14. The summed E-state index contributed by atoms with van der Waals surface area (Å²) < 4.78 is 16.1. The molecule has 0 spiro atoms. The Bertz CT molecular complexity index is 1360. The van der Waals surface area contributed by atoms with Crippen LogP contribution in [0.3, 0.4) is 0 Å². The molecule has 1 N–H and O–H groups in total. The van der Waals surface area contributed by atoms with Gasteiger partial charge in [0, 0.05) is 54.2 Å². The Kier molecular flexibility index (Phi) is 5.61. The molecule has 0 bridgehead atoms. The number of rotatable bonds is 1. The zero-order valence-electron chi connectivity index (χ0n) is 17.5. The molecule has 0 saturated heterocycles. The Morgan fingerprint density at radius 3 is 2.79 bits per heavy atom. The van der Waals surface area contributed by atoms with Crippen molar-refractivity contribution in [2.45, 2.75) is 23.8 Å². The van der Waals surface area contributed by atoms with E-state index in [1.54, 1.807) is 6.20 Å². The van der Waals surface area contributed by atoms with Crippen LogP contribution < -0.4 is 0 Å². The molecule has 3 aromatic heterocycles. The van der Waals surface area contributed by atoms with Gasteiger partial charge in [-0.3, -0.25) is 19.7 Å². The van der Waals surface area contributed by atoms with Gasteiger partial charge in [-0.1, -0.05) is 29.1 Å². The number of carbonyl (C=O) groups is 1. The molecule has 0 saturated carbocycles. The Labute approximate surface area is 188 Å². The summed E-state index contributed by atoms with van der Waals surface area (Å²) in [6.07, 6.45) is 2.85. The van der Waals surface area contributed by atoms with E-state index in [1.807, 2.05) is 30.3 Å². The summed E-state index contributed by atoms with van der Waals surface area (Å²) in [6, 6.07) is 13.0. The number of nitrogens with zero attached hydrogens (tertiary/aromatic N) is 3. The Balaban J connectivity index is 0.000000299. The SMILES string of the molecule is CC(=O)/C=C(/C)O.[2H]c1nc2c3c(cccc3c1[2H])Sc1nc3ncccc3[c-]c1-2.[Ir]. The molecule has 5 rings (SSSR count). The van der Waals surface area contributed by atoms with Gasteiger partial charge in [-0.25, -0.2) is 0 Å². The van der Waals surface area contributed by atoms with E-state index in [0.717, 1.165) is 31.6 Å². The molecule has 4 aromatic rings. The number of carbonyl (C=O) groups excluding carboxylic acids is 1. The number of hydrogen-bond donors (Lipinski definition) is 1. The Morgan fingerprint density at radius 2 is 2.07 bits per heavy atom. The third-order valence-corrected chi connectivity index (χ3v) is 4.99. The van der Waals surface area contributed by atoms with Gasteiger partial charge < -0.3 is 5.11 Å². The van der Waals surface area contributed by atoms with Crippen molar-refractivity contribution in [3.63, 3.8) is 0 Å². The molecule has 29 heavy (non-hydrogen) atoms. The molecule has 0 atom stereocenters. The minimum Gasteiger partial charge on any atom is -0.512 e. The minimum atomic E-state index is -0.125. The first-order valence-corrected chi connectivity index (χ1v) is 9.31. The summed E-state index contributed by atoms with van der Waals surface area (Å²) in [7, 11) is 0. The van der Waals surface area contributed by atoms with E-state index in [0.29, 0.717) is 11.3 Å². The Morgan fingerprint density at radius 1 is 1.24 bits per heavy atom. The van der Waals surface area contributed by atoms with E-state index in [-0.39, 0.29) is 43.9 Å². The first-order chi connectivity index (χ1) is 14.3. The summed E-state index contributed by atoms with van der Waals surface area (Å²) in [5, 5.41) is 11.6. The van der Waals surface area contributed by atoms with Gasteiger partial charge >= 0.3 is 0 Å². The van der Waals surface area contributed by atoms with E-state index in [4.69, 9.17) is 7.85 Å². The van der Waals surface area contributed by atoms with Crippen molar-refractivity contribution in [2.24, 2.45) is 0 Å². The topological polar surface area (TPSA) is 76.0 Å². The van der Waals surface area contributed by atoms with Crippen LogP contribution in [0.2, 0.25) is 0 Å². The normalized spacial score (nSPS) is 12.8. The van der Waals surface area contributed by atoms with Crippen molar-refractivity contribution in [3.8, 4) is 11.3 Å². The molecule has 1 aromatic carbocycles. The number of ketones is 1.